The van der Waals surface area contributed by atoms with Crippen LogP contribution >= 0.6 is 0 Å². The Morgan fingerprint density at radius 1 is 1.04 bits per heavy atom. The van der Waals surface area contributed by atoms with Crippen LogP contribution in [0.1, 0.15) is 0 Å². The topological polar surface area (TPSA) is 97.7 Å². The van der Waals surface area contributed by atoms with E-state index in [2.05, 4.69) is 6.58 Å². The Morgan fingerprint density at radius 2 is 1.52 bits per heavy atom. The highest BCUT2D eigenvalue weighted by Crippen LogP contribution is 2.45. The molecule has 1 rings (SSSR count). The quantitative estimate of drug-likeness (QED) is 0.443. The van der Waals surface area contributed by atoms with Crippen molar-refractivity contribution in [3.8, 4) is 5.75 Å². The molecule has 0 aliphatic heterocycles. The Hall–Kier alpha value is -1.66. The smallest absolute Gasteiger partial charge is 0.447 e. The number of hydrogen-bond donors (Lipinski definition) is 1. The summed E-state index contributed by atoms with van der Waals surface area (Å²) in [5.41, 5.74) is 0. The van der Waals surface area contributed by atoms with Crippen molar-refractivity contribution in [3.05, 3.63) is 36.9 Å². The van der Waals surface area contributed by atoms with Gasteiger partial charge in [0.05, 0.1) is 4.90 Å². The zero-order valence-electron chi connectivity index (χ0n) is 11.1. The summed E-state index contributed by atoms with van der Waals surface area (Å²) in [5, 5.41) is -12.3. The molecule has 1 N–H and O–H groups in total. The standard InChI is InChI=1S/C11H10F4O6S2/c1-2-7-21-8-3-5-9(6-4-8)22(16,17)10(12,13)11(14,15)23(18,19)20/h2-6H,1,7H2,(H,18,19,20). The van der Waals surface area contributed by atoms with Crippen molar-refractivity contribution in [3.63, 3.8) is 0 Å². The molecule has 12 heteroatoms. The molecule has 0 saturated heterocycles. The molecular weight excluding hydrogens is 368 g/mol. The first-order chi connectivity index (χ1) is 10.3. The van der Waals surface area contributed by atoms with Crippen LogP contribution in [0.25, 0.3) is 0 Å². The zero-order chi connectivity index (χ0) is 18.1. The van der Waals surface area contributed by atoms with Crippen LogP contribution in [0, 0.1) is 0 Å². The van der Waals surface area contributed by atoms with E-state index < -0.39 is 35.4 Å². The third-order valence-electron chi connectivity index (χ3n) is 2.50. The molecule has 0 aliphatic carbocycles. The van der Waals surface area contributed by atoms with E-state index in [1.165, 1.54) is 6.08 Å². The van der Waals surface area contributed by atoms with E-state index in [0.717, 1.165) is 12.1 Å². The molecule has 0 heterocycles. The van der Waals surface area contributed by atoms with Crippen LogP contribution in [0.5, 0.6) is 5.75 Å². The van der Waals surface area contributed by atoms with Gasteiger partial charge >= 0.3 is 20.6 Å². The van der Waals surface area contributed by atoms with Crippen LogP contribution in [0.15, 0.2) is 41.8 Å². The number of sulfone groups is 1. The molecule has 6 nitrogen and oxygen atoms in total. The highest BCUT2D eigenvalue weighted by atomic mass is 32.2. The lowest BCUT2D eigenvalue weighted by atomic mass is 10.3. The van der Waals surface area contributed by atoms with Gasteiger partial charge in [0.2, 0.25) is 0 Å². The van der Waals surface area contributed by atoms with Gasteiger partial charge in [0.15, 0.2) is 0 Å². The van der Waals surface area contributed by atoms with Crippen molar-refractivity contribution >= 4 is 20.0 Å². The van der Waals surface area contributed by atoms with E-state index in [-0.39, 0.29) is 12.4 Å². The molecule has 0 radical (unpaired) electrons. The summed E-state index contributed by atoms with van der Waals surface area (Å²) in [6.07, 6.45) is 1.34. The second kappa shape index (κ2) is 6.09. The lowest BCUT2D eigenvalue weighted by Gasteiger charge is -2.23. The number of ether oxygens (including phenoxy) is 1. The zero-order valence-corrected chi connectivity index (χ0v) is 12.8. The lowest BCUT2D eigenvalue weighted by Crippen LogP contribution is -2.51. The minimum Gasteiger partial charge on any atom is -0.490 e. The maximum absolute atomic E-state index is 13.5. The number of halogens is 4. The molecule has 0 bridgehead atoms. The highest BCUT2D eigenvalue weighted by molar-refractivity contribution is 7.94. The summed E-state index contributed by atoms with van der Waals surface area (Å²) in [5.74, 6) is 0.0358. The minimum atomic E-state index is -6.67. The fourth-order valence-electron chi connectivity index (χ4n) is 1.32. The Labute approximate surface area is 129 Å². The molecule has 0 aromatic heterocycles. The summed E-state index contributed by atoms with van der Waals surface area (Å²) in [7, 11) is -12.8. The van der Waals surface area contributed by atoms with Gasteiger partial charge in [0.25, 0.3) is 9.84 Å². The first-order valence-corrected chi connectivity index (χ1v) is 8.52. The molecule has 1 aromatic carbocycles. The van der Waals surface area contributed by atoms with Gasteiger partial charge < -0.3 is 4.74 Å². The molecule has 0 fully saturated rings. The summed E-state index contributed by atoms with van der Waals surface area (Å²) in [4.78, 5) is -1.28. The van der Waals surface area contributed by atoms with Crippen molar-refractivity contribution in [2.24, 2.45) is 0 Å². The normalized spacial score (nSPS) is 13.6. The third kappa shape index (κ3) is 3.33. The highest BCUT2D eigenvalue weighted by Gasteiger charge is 2.73. The predicted molar refractivity (Wildman–Crippen MR) is 70.8 cm³/mol. The van der Waals surface area contributed by atoms with Gasteiger partial charge in [-0.25, -0.2) is 8.42 Å². The van der Waals surface area contributed by atoms with E-state index in [4.69, 9.17) is 9.29 Å². The number of benzene rings is 1. The molecule has 0 unspecified atom stereocenters. The average Bonchev–Trinajstić information content (AvgIpc) is 2.44. The predicted octanol–water partition coefficient (Wildman–Crippen LogP) is 2.10. The molecule has 130 valence electrons. The van der Waals surface area contributed by atoms with Gasteiger partial charge in [0.1, 0.15) is 12.4 Å². The maximum Gasteiger partial charge on any atom is 0.447 e. The first-order valence-electron chi connectivity index (χ1n) is 5.60. The first kappa shape index (κ1) is 19.4. The Kier molecular flexibility index (Phi) is 5.13. The van der Waals surface area contributed by atoms with Crippen molar-refractivity contribution < 1.29 is 43.7 Å². The van der Waals surface area contributed by atoms with E-state index in [1.54, 1.807) is 0 Å². The van der Waals surface area contributed by atoms with Gasteiger partial charge in [0, 0.05) is 0 Å². The summed E-state index contributed by atoms with van der Waals surface area (Å²) >= 11 is 0. The number of alkyl halides is 4. The summed E-state index contributed by atoms with van der Waals surface area (Å²) in [6, 6.07) is 2.86. The molecular formula is C11H10F4O6S2. The van der Waals surface area contributed by atoms with Crippen LogP contribution < -0.4 is 4.74 Å². The Balaban J connectivity index is 3.33. The largest absolute Gasteiger partial charge is 0.490 e. The molecule has 0 atom stereocenters. The van der Waals surface area contributed by atoms with Gasteiger partial charge in [-0.2, -0.15) is 26.0 Å². The van der Waals surface area contributed by atoms with Crippen molar-refractivity contribution in [2.45, 2.75) is 15.4 Å². The second-order valence-electron chi connectivity index (χ2n) is 4.08. The van der Waals surface area contributed by atoms with Crippen LogP contribution in [-0.4, -0.2) is 38.5 Å². The minimum absolute atomic E-state index is 0.0169. The maximum atomic E-state index is 13.5. The monoisotopic (exact) mass is 378 g/mol. The average molecular weight is 378 g/mol. The van der Waals surface area contributed by atoms with Crippen molar-refractivity contribution in [1.82, 2.24) is 0 Å². The van der Waals surface area contributed by atoms with Gasteiger partial charge in [-0.15, -0.1) is 0 Å². The molecule has 0 spiro atoms. The fourth-order valence-corrected chi connectivity index (χ4v) is 3.37. The van der Waals surface area contributed by atoms with Crippen LogP contribution in [0.4, 0.5) is 17.6 Å². The lowest BCUT2D eigenvalue weighted by molar-refractivity contribution is -0.101. The van der Waals surface area contributed by atoms with Crippen molar-refractivity contribution in [2.75, 3.05) is 6.61 Å². The van der Waals surface area contributed by atoms with Gasteiger partial charge in [-0.3, -0.25) is 4.55 Å². The Bertz CT molecular complexity index is 784. The van der Waals surface area contributed by atoms with E-state index in [9.17, 15) is 34.4 Å². The molecule has 0 aliphatic rings. The van der Waals surface area contributed by atoms with Crippen LogP contribution in [-0.2, 0) is 20.0 Å². The summed E-state index contributed by atoms with van der Waals surface area (Å²) < 4.78 is 110. The summed E-state index contributed by atoms with van der Waals surface area (Å²) in [6.45, 7) is 3.35. The number of rotatable bonds is 7. The second-order valence-corrected chi connectivity index (χ2v) is 7.54. The third-order valence-corrected chi connectivity index (χ3v) is 5.36. The SMILES string of the molecule is C=CCOc1ccc(S(=O)(=O)C(F)(F)C(F)(F)S(=O)(=O)O)cc1. The van der Waals surface area contributed by atoms with Gasteiger partial charge in [-0.1, -0.05) is 12.7 Å². The van der Waals surface area contributed by atoms with E-state index in [0.29, 0.717) is 12.1 Å². The van der Waals surface area contributed by atoms with Gasteiger partial charge in [-0.05, 0) is 24.3 Å². The van der Waals surface area contributed by atoms with Crippen molar-refractivity contribution in [1.29, 1.82) is 0 Å². The van der Waals surface area contributed by atoms with Crippen LogP contribution in [0.2, 0.25) is 0 Å². The number of hydrogen-bond acceptors (Lipinski definition) is 5. The molecule has 1 aromatic rings. The van der Waals surface area contributed by atoms with E-state index in [1.807, 2.05) is 0 Å². The van der Waals surface area contributed by atoms with Crippen LogP contribution in [0.3, 0.4) is 0 Å². The molecule has 0 amide bonds. The van der Waals surface area contributed by atoms with E-state index >= 15 is 0 Å². The molecule has 0 saturated carbocycles. The fraction of sp³-hybridized carbons (Fsp3) is 0.273. The Morgan fingerprint density at radius 3 is 1.91 bits per heavy atom. The molecule has 23 heavy (non-hydrogen) atoms.